The number of rotatable bonds is 56. The van der Waals surface area contributed by atoms with E-state index in [4.69, 9.17) is 14.2 Å². The van der Waals surface area contributed by atoms with Gasteiger partial charge in [0.15, 0.2) is 6.10 Å². The maximum absolute atomic E-state index is 12.9. The molecule has 0 N–H and O–H groups in total. The summed E-state index contributed by atoms with van der Waals surface area (Å²) in [6.45, 7) is 9.08. The van der Waals surface area contributed by atoms with Crippen molar-refractivity contribution in [1.82, 2.24) is 0 Å². The van der Waals surface area contributed by atoms with Crippen molar-refractivity contribution in [3.8, 4) is 0 Å². The number of ether oxygens (including phenoxy) is 3. The van der Waals surface area contributed by atoms with Crippen molar-refractivity contribution < 1.29 is 28.6 Å². The third kappa shape index (κ3) is 55.2. The van der Waals surface area contributed by atoms with Crippen LogP contribution in [0.1, 0.15) is 349 Å². The van der Waals surface area contributed by atoms with Gasteiger partial charge in [-0.2, -0.15) is 0 Å². The molecule has 6 nitrogen and oxygen atoms in total. The van der Waals surface area contributed by atoms with Gasteiger partial charge in [-0.15, -0.1) is 0 Å². The van der Waals surface area contributed by atoms with Crippen molar-refractivity contribution in [1.29, 1.82) is 0 Å². The second-order valence-electron chi connectivity index (χ2n) is 21.5. The minimum absolute atomic E-state index is 0.0614. The van der Waals surface area contributed by atoms with Gasteiger partial charge in [-0.05, 0) is 25.2 Å². The highest BCUT2D eigenvalue weighted by Gasteiger charge is 2.19. The number of esters is 3. The molecule has 398 valence electrons. The first-order valence-electron chi connectivity index (χ1n) is 30.4. The highest BCUT2D eigenvalue weighted by molar-refractivity contribution is 5.71. The van der Waals surface area contributed by atoms with E-state index in [-0.39, 0.29) is 31.1 Å². The Morgan fingerprint density at radius 1 is 0.284 bits per heavy atom. The van der Waals surface area contributed by atoms with Gasteiger partial charge in [0.2, 0.25) is 0 Å². The first kappa shape index (κ1) is 65.4. The van der Waals surface area contributed by atoms with Gasteiger partial charge in [-0.25, -0.2) is 0 Å². The quantitative estimate of drug-likeness (QED) is 0.0343. The van der Waals surface area contributed by atoms with Crippen LogP contribution in [0.15, 0.2) is 0 Å². The van der Waals surface area contributed by atoms with Crippen LogP contribution in [0.25, 0.3) is 0 Å². The largest absolute Gasteiger partial charge is 0.462 e. The van der Waals surface area contributed by atoms with E-state index in [1.54, 1.807) is 0 Å². The average molecular weight is 948 g/mol. The minimum Gasteiger partial charge on any atom is -0.462 e. The monoisotopic (exact) mass is 947 g/mol. The highest BCUT2D eigenvalue weighted by Crippen LogP contribution is 2.18. The highest BCUT2D eigenvalue weighted by atomic mass is 16.6. The molecular weight excluding hydrogens is 829 g/mol. The van der Waals surface area contributed by atoms with E-state index in [0.29, 0.717) is 19.3 Å². The van der Waals surface area contributed by atoms with Gasteiger partial charge in [0.1, 0.15) is 13.2 Å². The van der Waals surface area contributed by atoms with Crippen LogP contribution in [-0.4, -0.2) is 37.2 Å². The van der Waals surface area contributed by atoms with Crippen LogP contribution in [0.5, 0.6) is 0 Å². The molecule has 0 aliphatic rings. The molecule has 0 aromatic rings. The molecule has 0 aromatic heterocycles. The standard InChI is InChI=1S/C61H118O6/c1-5-7-9-11-13-15-17-19-21-22-24-30-34-38-42-46-50-54-61(64)67-58(55-65-59(62)52-48-44-40-36-32-28-23-20-18-16-14-12-10-8-6-2)56-66-60(63)53-49-45-41-37-33-29-26-25-27-31-35-39-43-47-51-57(3)4/h57-58H,5-56H2,1-4H3/t58-/m0/s1. The first-order chi connectivity index (χ1) is 32.9. The zero-order valence-corrected chi connectivity index (χ0v) is 45.9. The van der Waals surface area contributed by atoms with Gasteiger partial charge in [-0.3, -0.25) is 14.4 Å². The first-order valence-corrected chi connectivity index (χ1v) is 30.4. The predicted molar refractivity (Wildman–Crippen MR) is 289 cm³/mol. The van der Waals surface area contributed by atoms with Crippen molar-refractivity contribution in [3.05, 3.63) is 0 Å². The third-order valence-electron chi connectivity index (χ3n) is 14.0. The topological polar surface area (TPSA) is 78.9 Å². The number of hydrogen-bond acceptors (Lipinski definition) is 6. The van der Waals surface area contributed by atoms with Gasteiger partial charge in [-0.1, -0.05) is 310 Å². The van der Waals surface area contributed by atoms with Crippen LogP contribution >= 0.6 is 0 Å². The molecule has 0 aliphatic carbocycles. The van der Waals surface area contributed by atoms with Crippen LogP contribution in [0.4, 0.5) is 0 Å². The van der Waals surface area contributed by atoms with E-state index >= 15 is 0 Å². The molecule has 0 saturated heterocycles. The molecular formula is C61H118O6. The van der Waals surface area contributed by atoms with Crippen molar-refractivity contribution in [2.24, 2.45) is 5.92 Å². The summed E-state index contributed by atoms with van der Waals surface area (Å²) in [5.41, 5.74) is 0. The number of unbranched alkanes of at least 4 members (excludes halogenated alkanes) is 43. The lowest BCUT2D eigenvalue weighted by atomic mass is 10.0. The lowest BCUT2D eigenvalue weighted by molar-refractivity contribution is -0.167. The molecule has 0 amide bonds. The molecule has 67 heavy (non-hydrogen) atoms. The summed E-state index contributed by atoms with van der Waals surface area (Å²) in [6.07, 6.45) is 60.9. The molecule has 0 saturated carbocycles. The molecule has 6 heteroatoms. The molecule has 0 radical (unpaired) electrons. The third-order valence-corrected chi connectivity index (χ3v) is 14.0. The van der Waals surface area contributed by atoms with Crippen molar-refractivity contribution in [2.45, 2.75) is 355 Å². The molecule has 0 spiro atoms. The fourth-order valence-electron chi connectivity index (χ4n) is 9.46. The molecule has 0 rings (SSSR count). The molecule has 0 fully saturated rings. The molecule has 0 unspecified atom stereocenters. The van der Waals surface area contributed by atoms with E-state index in [1.807, 2.05) is 0 Å². The van der Waals surface area contributed by atoms with Gasteiger partial charge < -0.3 is 14.2 Å². The lowest BCUT2D eigenvalue weighted by Gasteiger charge is -2.18. The van der Waals surface area contributed by atoms with Crippen molar-refractivity contribution in [3.63, 3.8) is 0 Å². The summed E-state index contributed by atoms with van der Waals surface area (Å²) in [4.78, 5) is 38.2. The lowest BCUT2D eigenvalue weighted by Crippen LogP contribution is -2.30. The van der Waals surface area contributed by atoms with E-state index in [0.717, 1.165) is 63.7 Å². The normalized spacial score (nSPS) is 12.0. The number of carbonyl (C=O) groups is 3. The van der Waals surface area contributed by atoms with Crippen LogP contribution in [0, 0.1) is 5.92 Å². The zero-order valence-electron chi connectivity index (χ0n) is 45.9. The van der Waals surface area contributed by atoms with Crippen LogP contribution < -0.4 is 0 Å². The zero-order chi connectivity index (χ0) is 48.8. The molecule has 0 aromatic carbocycles. The second-order valence-corrected chi connectivity index (χ2v) is 21.5. The molecule has 0 aliphatic heterocycles. The van der Waals surface area contributed by atoms with Gasteiger partial charge in [0.05, 0.1) is 0 Å². The Hall–Kier alpha value is -1.59. The van der Waals surface area contributed by atoms with E-state index in [2.05, 4.69) is 27.7 Å². The van der Waals surface area contributed by atoms with Crippen LogP contribution in [0.3, 0.4) is 0 Å². The Morgan fingerprint density at radius 3 is 0.731 bits per heavy atom. The predicted octanol–water partition coefficient (Wildman–Crippen LogP) is 20.2. The summed E-state index contributed by atoms with van der Waals surface area (Å²) >= 11 is 0. The van der Waals surface area contributed by atoms with Crippen LogP contribution in [-0.2, 0) is 28.6 Å². The van der Waals surface area contributed by atoms with Crippen molar-refractivity contribution >= 4 is 17.9 Å². The van der Waals surface area contributed by atoms with E-state index < -0.39 is 6.10 Å². The van der Waals surface area contributed by atoms with Crippen LogP contribution in [0.2, 0.25) is 0 Å². The smallest absolute Gasteiger partial charge is 0.306 e. The summed E-state index contributed by atoms with van der Waals surface area (Å²) in [6, 6.07) is 0. The molecule has 0 bridgehead atoms. The van der Waals surface area contributed by atoms with E-state index in [9.17, 15) is 14.4 Å². The number of hydrogen-bond donors (Lipinski definition) is 0. The molecule has 1 atom stereocenters. The Labute approximate surface area is 418 Å². The fraction of sp³-hybridized carbons (Fsp3) is 0.951. The maximum Gasteiger partial charge on any atom is 0.306 e. The summed E-state index contributed by atoms with van der Waals surface area (Å²) < 4.78 is 16.9. The average Bonchev–Trinajstić information content (AvgIpc) is 3.31. The second kappa shape index (κ2) is 55.3. The van der Waals surface area contributed by atoms with Gasteiger partial charge in [0, 0.05) is 19.3 Å². The SMILES string of the molecule is CCCCCCCCCCCCCCCCCCCC(=O)O[C@@H](COC(=O)CCCCCCCCCCCCCCCCC)COC(=O)CCCCCCCCCCCCCCCCC(C)C. The molecule has 0 heterocycles. The summed E-state index contributed by atoms with van der Waals surface area (Å²) in [7, 11) is 0. The Balaban J connectivity index is 4.29. The minimum atomic E-state index is -0.762. The van der Waals surface area contributed by atoms with Gasteiger partial charge in [0.25, 0.3) is 0 Å². The van der Waals surface area contributed by atoms with Crippen molar-refractivity contribution in [2.75, 3.05) is 13.2 Å². The van der Waals surface area contributed by atoms with E-state index in [1.165, 1.54) is 244 Å². The Bertz CT molecular complexity index is 1010. The maximum atomic E-state index is 12.9. The fourth-order valence-corrected chi connectivity index (χ4v) is 9.46. The summed E-state index contributed by atoms with van der Waals surface area (Å²) in [5.74, 6) is 0.0141. The summed E-state index contributed by atoms with van der Waals surface area (Å²) in [5, 5.41) is 0. The number of carbonyl (C=O) groups excluding carboxylic acids is 3. The Morgan fingerprint density at radius 2 is 0.493 bits per heavy atom. The Kier molecular flexibility index (Phi) is 54.0. The van der Waals surface area contributed by atoms with Gasteiger partial charge >= 0.3 is 17.9 Å².